The first-order valence-corrected chi connectivity index (χ1v) is 9.88. The monoisotopic (exact) mass is 398 g/mol. The van der Waals surface area contributed by atoms with Crippen molar-refractivity contribution in [3.8, 4) is 0 Å². The van der Waals surface area contributed by atoms with Gasteiger partial charge < -0.3 is 19.9 Å². The molecule has 1 aliphatic rings. The number of hydrogen-bond acceptors (Lipinski definition) is 4. The van der Waals surface area contributed by atoms with Crippen molar-refractivity contribution in [1.82, 2.24) is 14.5 Å². The van der Waals surface area contributed by atoms with Gasteiger partial charge in [-0.3, -0.25) is 14.4 Å². The second-order valence-electron chi connectivity index (χ2n) is 7.37. The second-order valence-corrected chi connectivity index (χ2v) is 7.37. The van der Waals surface area contributed by atoms with Gasteiger partial charge in [0.25, 0.3) is 5.91 Å². The Kier molecular flexibility index (Phi) is 6.99. The standard InChI is InChI=1S/C21H26N4O4/c26-19(8-11-24-12-9-22-15-24)23-18-5-1-4-17(13-18)21(29)25-10-2-3-16(14-25)6-7-20(27)28/h1,4-5,9,12-13,15-16H,2-3,6-8,10-11,14H2,(H,23,26)(H,27,28). The third-order valence-corrected chi connectivity index (χ3v) is 5.12. The number of aromatic nitrogens is 2. The summed E-state index contributed by atoms with van der Waals surface area (Å²) in [6.45, 7) is 1.79. The Bertz CT molecular complexity index is 850. The number of imidazole rings is 1. The van der Waals surface area contributed by atoms with Gasteiger partial charge in [0.15, 0.2) is 0 Å². The van der Waals surface area contributed by atoms with E-state index in [-0.39, 0.29) is 24.2 Å². The fraction of sp³-hybridized carbons (Fsp3) is 0.429. The van der Waals surface area contributed by atoms with E-state index in [0.29, 0.717) is 43.7 Å². The number of carboxylic acid groups (broad SMARTS) is 1. The first-order chi connectivity index (χ1) is 14.0. The average Bonchev–Trinajstić information content (AvgIpc) is 3.24. The molecule has 2 heterocycles. The molecule has 2 amide bonds. The minimum Gasteiger partial charge on any atom is -0.481 e. The SMILES string of the molecule is O=C(O)CCC1CCCN(C(=O)c2cccc(NC(=O)CCn3ccnc3)c2)C1. The van der Waals surface area contributed by atoms with E-state index in [4.69, 9.17) is 5.11 Å². The topological polar surface area (TPSA) is 105 Å². The van der Waals surface area contributed by atoms with E-state index in [1.165, 1.54) is 0 Å². The van der Waals surface area contributed by atoms with Crippen molar-refractivity contribution < 1.29 is 19.5 Å². The molecule has 0 radical (unpaired) electrons. The van der Waals surface area contributed by atoms with Crippen LogP contribution in [0.2, 0.25) is 0 Å². The van der Waals surface area contributed by atoms with Gasteiger partial charge in [-0.05, 0) is 43.4 Å². The molecule has 1 aliphatic heterocycles. The molecule has 1 aromatic carbocycles. The average molecular weight is 398 g/mol. The van der Waals surface area contributed by atoms with Crippen LogP contribution in [0.15, 0.2) is 43.0 Å². The predicted octanol–water partition coefficient (Wildman–Crippen LogP) is 2.63. The molecular weight excluding hydrogens is 372 g/mol. The number of carboxylic acids is 1. The van der Waals surface area contributed by atoms with E-state index in [2.05, 4.69) is 10.3 Å². The number of rotatable bonds is 8. The van der Waals surface area contributed by atoms with Crippen LogP contribution >= 0.6 is 0 Å². The van der Waals surface area contributed by atoms with Gasteiger partial charge in [0, 0.05) is 56.1 Å². The molecule has 0 aliphatic carbocycles. The van der Waals surface area contributed by atoms with E-state index in [0.717, 1.165) is 12.8 Å². The molecule has 1 fully saturated rings. The molecule has 8 heteroatoms. The Morgan fingerprint density at radius 2 is 2.10 bits per heavy atom. The van der Waals surface area contributed by atoms with Crippen molar-refractivity contribution in [2.75, 3.05) is 18.4 Å². The van der Waals surface area contributed by atoms with Gasteiger partial charge in [0.1, 0.15) is 0 Å². The Morgan fingerprint density at radius 1 is 1.24 bits per heavy atom. The lowest BCUT2D eigenvalue weighted by atomic mass is 9.93. The maximum atomic E-state index is 12.9. The minimum absolute atomic E-state index is 0.0838. The molecule has 8 nitrogen and oxygen atoms in total. The maximum absolute atomic E-state index is 12.9. The first-order valence-electron chi connectivity index (χ1n) is 9.88. The van der Waals surface area contributed by atoms with Crippen molar-refractivity contribution >= 4 is 23.5 Å². The van der Waals surface area contributed by atoms with E-state index >= 15 is 0 Å². The van der Waals surface area contributed by atoms with Gasteiger partial charge in [0.2, 0.25) is 5.91 Å². The van der Waals surface area contributed by atoms with Crippen molar-refractivity contribution in [2.45, 2.75) is 38.6 Å². The van der Waals surface area contributed by atoms with E-state index < -0.39 is 5.97 Å². The molecule has 3 rings (SSSR count). The van der Waals surface area contributed by atoms with E-state index in [1.807, 2.05) is 4.57 Å². The fourth-order valence-corrected chi connectivity index (χ4v) is 3.60. The zero-order valence-corrected chi connectivity index (χ0v) is 16.3. The van der Waals surface area contributed by atoms with Crippen LogP contribution in [0.3, 0.4) is 0 Å². The van der Waals surface area contributed by atoms with Gasteiger partial charge in [-0.25, -0.2) is 4.98 Å². The summed E-state index contributed by atoms with van der Waals surface area (Å²) in [5.41, 5.74) is 1.11. The number of hydrogen-bond donors (Lipinski definition) is 2. The lowest BCUT2D eigenvalue weighted by Crippen LogP contribution is -2.40. The number of nitrogens with zero attached hydrogens (tertiary/aromatic N) is 3. The van der Waals surface area contributed by atoms with E-state index in [9.17, 15) is 14.4 Å². The number of piperidine rings is 1. The third-order valence-electron chi connectivity index (χ3n) is 5.12. The van der Waals surface area contributed by atoms with Gasteiger partial charge >= 0.3 is 5.97 Å². The summed E-state index contributed by atoms with van der Waals surface area (Å²) in [5, 5.41) is 11.7. The van der Waals surface area contributed by atoms with Gasteiger partial charge in [0.05, 0.1) is 6.33 Å². The van der Waals surface area contributed by atoms with Crippen molar-refractivity contribution in [3.63, 3.8) is 0 Å². The highest BCUT2D eigenvalue weighted by Crippen LogP contribution is 2.23. The van der Waals surface area contributed by atoms with Crippen LogP contribution in [-0.4, -0.2) is 50.4 Å². The summed E-state index contributed by atoms with van der Waals surface area (Å²) in [6, 6.07) is 6.95. The lowest BCUT2D eigenvalue weighted by molar-refractivity contribution is -0.137. The van der Waals surface area contributed by atoms with Crippen LogP contribution in [0.25, 0.3) is 0 Å². The molecule has 0 saturated carbocycles. The number of carbonyl (C=O) groups is 3. The molecule has 0 spiro atoms. The van der Waals surface area contributed by atoms with Crippen LogP contribution < -0.4 is 5.32 Å². The van der Waals surface area contributed by atoms with Crippen LogP contribution in [0.4, 0.5) is 5.69 Å². The molecule has 154 valence electrons. The molecule has 1 atom stereocenters. The Morgan fingerprint density at radius 3 is 2.86 bits per heavy atom. The molecule has 1 aromatic heterocycles. The van der Waals surface area contributed by atoms with Crippen molar-refractivity contribution in [1.29, 1.82) is 0 Å². The predicted molar refractivity (Wildman–Crippen MR) is 107 cm³/mol. The molecule has 2 aromatic rings. The summed E-state index contributed by atoms with van der Waals surface area (Å²) in [4.78, 5) is 41.6. The normalized spacial score (nSPS) is 16.4. The maximum Gasteiger partial charge on any atom is 0.303 e. The summed E-state index contributed by atoms with van der Waals surface area (Å²) in [6.07, 6.45) is 7.99. The minimum atomic E-state index is -0.801. The number of aryl methyl sites for hydroxylation is 1. The summed E-state index contributed by atoms with van der Waals surface area (Å²) < 4.78 is 1.83. The number of amides is 2. The Hall–Kier alpha value is -3.16. The van der Waals surface area contributed by atoms with Crippen molar-refractivity contribution in [3.05, 3.63) is 48.5 Å². The molecule has 0 bridgehead atoms. The zero-order chi connectivity index (χ0) is 20.6. The largest absolute Gasteiger partial charge is 0.481 e. The van der Waals surface area contributed by atoms with Crippen LogP contribution in [0, 0.1) is 5.92 Å². The van der Waals surface area contributed by atoms with Crippen LogP contribution in [0.5, 0.6) is 0 Å². The van der Waals surface area contributed by atoms with Crippen LogP contribution in [-0.2, 0) is 16.1 Å². The molecule has 2 N–H and O–H groups in total. The zero-order valence-electron chi connectivity index (χ0n) is 16.3. The smallest absolute Gasteiger partial charge is 0.303 e. The number of anilines is 1. The van der Waals surface area contributed by atoms with E-state index in [1.54, 1.807) is 47.9 Å². The highest BCUT2D eigenvalue weighted by molar-refractivity contribution is 5.97. The first kappa shape index (κ1) is 20.6. The number of aliphatic carboxylic acids is 1. The van der Waals surface area contributed by atoms with Crippen molar-refractivity contribution in [2.24, 2.45) is 5.92 Å². The highest BCUT2D eigenvalue weighted by atomic mass is 16.4. The van der Waals surface area contributed by atoms with Gasteiger partial charge in [-0.1, -0.05) is 6.07 Å². The Balaban J connectivity index is 1.55. The summed E-state index contributed by atoms with van der Waals surface area (Å²) in [5.74, 6) is -0.797. The Labute approximate surface area is 169 Å². The number of likely N-dealkylation sites (tertiary alicyclic amines) is 1. The fourth-order valence-electron chi connectivity index (χ4n) is 3.60. The van der Waals surface area contributed by atoms with Gasteiger partial charge in [-0.15, -0.1) is 0 Å². The molecule has 1 unspecified atom stereocenters. The number of benzene rings is 1. The molecule has 1 saturated heterocycles. The number of nitrogens with one attached hydrogen (secondary N) is 1. The molecular formula is C21H26N4O4. The second kappa shape index (κ2) is 9.86. The number of carbonyl (C=O) groups excluding carboxylic acids is 2. The highest BCUT2D eigenvalue weighted by Gasteiger charge is 2.25. The summed E-state index contributed by atoms with van der Waals surface area (Å²) >= 11 is 0. The quantitative estimate of drug-likeness (QED) is 0.711. The lowest BCUT2D eigenvalue weighted by Gasteiger charge is -2.32. The van der Waals surface area contributed by atoms with Gasteiger partial charge in [-0.2, -0.15) is 0 Å². The molecule has 29 heavy (non-hydrogen) atoms. The third kappa shape index (κ3) is 6.17. The summed E-state index contributed by atoms with van der Waals surface area (Å²) in [7, 11) is 0. The van der Waals surface area contributed by atoms with Crippen LogP contribution in [0.1, 0.15) is 42.5 Å².